The number of halogens is 1. The number of hydrogen-bond donors (Lipinski definition) is 2. The van der Waals surface area contributed by atoms with Crippen molar-refractivity contribution in [2.45, 2.75) is 33.4 Å². The Labute approximate surface area is 129 Å². The SMILES string of the molecule is Cc1cc(CN[C@@H](C)c2cccc(Br)c2)cc(C)c1O. The van der Waals surface area contributed by atoms with Crippen molar-refractivity contribution in [1.29, 1.82) is 0 Å². The number of aromatic hydroxyl groups is 1. The van der Waals surface area contributed by atoms with Gasteiger partial charge in [0.05, 0.1) is 0 Å². The quantitative estimate of drug-likeness (QED) is 0.855. The fourth-order valence-corrected chi connectivity index (χ4v) is 2.73. The van der Waals surface area contributed by atoms with Crippen molar-refractivity contribution < 1.29 is 5.11 Å². The second-order valence-corrected chi connectivity index (χ2v) is 6.15. The van der Waals surface area contributed by atoms with Gasteiger partial charge in [0.25, 0.3) is 0 Å². The Morgan fingerprint density at radius 3 is 2.40 bits per heavy atom. The Kier molecular flexibility index (Phi) is 4.84. The summed E-state index contributed by atoms with van der Waals surface area (Å²) in [6.45, 7) is 6.81. The lowest BCUT2D eigenvalue weighted by molar-refractivity contribution is 0.466. The molecule has 106 valence electrons. The monoisotopic (exact) mass is 333 g/mol. The molecular formula is C17H20BrNO. The van der Waals surface area contributed by atoms with Crippen molar-refractivity contribution in [3.8, 4) is 5.75 Å². The highest BCUT2D eigenvalue weighted by molar-refractivity contribution is 9.10. The number of hydrogen-bond acceptors (Lipinski definition) is 2. The van der Waals surface area contributed by atoms with Gasteiger partial charge in [-0.25, -0.2) is 0 Å². The van der Waals surface area contributed by atoms with Gasteiger partial charge in [0.1, 0.15) is 5.75 Å². The molecule has 2 nitrogen and oxygen atoms in total. The van der Waals surface area contributed by atoms with Crippen LogP contribution in [-0.4, -0.2) is 5.11 Å². The summed E-state index contributed by atoms with van der Waals surface area (Å²) in [4.78, 5) is 0. The van der Waals surface area contributed by atoms with Crippen LogP contribution in [-0.2, 0) is 6.54 Å². The molecular weight excluding hydrogens is 314 g/mol. The fraction of sp³-hybridized carbons (Fsp3) is 0.294. The summed E-state index contributed by atoms with van der Waals surface area (Å²) >= 11 is 3.50. The number of nitrogens with one attached hydrogen (secondary N) is 1. The third-order valence-corrected chi connectivity index (χ3v) is 4.01. The molecule has 3 heteroatoms. The third-order valence-electron chi connectivity index (χ3n) is 3.51. The molecule has 1 atom stereocenters. The first-order chi connectivity index (χ1) is 9.47. The first kappa shape index (κ1) is 15.1. The van der Waals surface area contributed by atoms with E-state index in [9.17, 15) is 5.11 Å². The van der Waals surface area contributed by atoms with Gasteiger partial charge in [0.2, 0.25) is 0 Å². The van der Waals surface area contributed by atoms with E-state index in [2.05, 4.69) is 40.3 Å². The van der Waals surface area contributed by atoms with Crippen LogP contribution in [0.4, 0.5) is 0 Å². The van der Waals surface area contributed by atoms with E-state index in [0.29, 0.717) is 5.75 Å². The fourth-order valence-electron chi connectivity index (χ4n) is 2.31. The molecule has 0 saturated heterocycles. The second-order valence-electron chi connectivity index (χ2n) is 5.24. The Morgan fingerprint density at radius 2 is 1.80 bits per heavy atom. The topological polar surface area (TPSA) is 32.3 Å². The molecule has 0 aliphatic heterocycles. The molecule has 0 saturated carbocycles. The van der Waals surface area contributed by atoms with Crippen molar-refractivity contribution in [3.63, 3.8) is 0 Å². The molecule has 0 fully saturated rings. The van der Waals surface area contributed by atoms with Crippen LogP contribution in [0.15, 0.2) is 40.9 Å². The van der Waals surface area contributed by atoms with Gasteiger partial charge in [-0.15, -0.1) is 0 Å². The van der Waals surface area contributed by atoms with E-state index in [1.165, 1.54) is 11.1 Å². The molecule has 0 bridgehead atoms. The van der Waals surface area contributed by atoms with E-state index in [-0.39, 0.29) is 6.04 Å². The predicted molar refractivity (Wildman–Crippen MR) is 87.0 cm³/mol. The number of phenolic OH excluding ortho intramolecular Hbond substituents is 1. The summed E-state index contributed by atoms with van der Waals surface area (Å²) in [7, 11) is 0. The highest BCUT2D eigenvalue weighted by Gasteiger charge is 2.07. The molecule has 2 N–H and O–H groups in total. The Balaban J connectivity index is 2.05. The molecule has 0 radical (unpaired) electrons. The summed E-state index contributed by atoms with van der Waals surface area (Å²) in [6, 6.07) is 12.7. The van der Waals surface area contributed by atoms with Crippen molar-refractivity contribution >= 4 is 15.9 Å². The van der Waals surface area contributed by atoms with Gasteiger partial charge >= 0.3 is 0 Å². The minimum atomic E-state index is 0.280. The van der Waals surface area contributed by atoms with Crippen molar-refractivity contribution in [1.82, 2.24) is 5.32 Å². The first-order valence-electron chi connectivity index (χ1n) is 6.75. The van der Waals surface area contributed by atoms with E-state index in [0.717, 1.165) is 22.1 Å². The maximum atomic E-state index is 9.79. The van der Waals surface area contributed by atoms with E-state index >= 15 is 0 Å². The number of aryl methyl sites for hydroxylation is 2. The van der Waals surface area contributed by atoms with Gasteiger partial charge in [-0.3, -0.25) is 0 Å². The normalized spacial score (nSPS) is 12.4. The lowest BCUT2D eigenvalue weighted by atomic mass is 10.0. The second kappa shape index (κ2) is 6.42. The highest BCUT2D eigenvalue weighted by atomic mass is 79.9. The Morgan fingerprint density at radius 1 is 1.15 bits per heavy atom. The molecule has 2 aromatic carbocycles. The van der Waals surface area contributed by atoms with Crippen LogP contribution < -0.4 is 5.32 Å². The molecule has 0 aliphatic carbocycles. The van der Waals surface area contributed by atoms with Gasteiger partial charge in [0.15, 0.2) is 0 Å². The molecule has 0 unspecified atom stereocenters. The van der Waals surface area contributed by atoms with Gasteiger partial charge in [0, 0.05) is 17.1 Å². The lowest BCUT2D eigenvalue weighted by Crippen LogP contribution is -2.18. The molecule has 0 heterocycles. The summed E-state index contributed by atoms with van der Waals surface area (Å²) in [5.41, 5.74) is 4.31. The van der Waals surface area contributed by atoms with Gasteiger partial charge < -0.3 is 10.4 Å². The minimum Gasteiger partial charge on any atom is -0.507 e. The zero-order valence-corrected chi connectivity index (χ0v) is 13.7. The van der Waals surface area contributed by atoms with Crippen LogP contribution in [0.5, 0.6) is 5.75 Å². The molecule has 2 aromatic rings. The van der Waals surface area contributed by atoms with Crippen LogP contribution in [0.25, 0.3) is 0 Å². The average molecular weight is 334 g/mol. The largest absolute Gasteiger partial charge is 0.507 e. The molecule has 0 aromatic heterocycles. The van der Waals surface area contributed by atoms with E-state index in [1.807, 2.05) is 38.1 Å². The van der Waals surface area contributed by atoms with E-state index in [1.54, 1.807) is 0 Å². The van der Waals surface area contributed by atoms with E-state index < -0.39 is 0 Å². The zero-order valence-electron chi connectivity index (χ0n) is 12.1. The summed E-state index contributed by atoms with van der Waals surface area (Å²) in [5.74, 6) is 0.397. The predicted octanol–water partition coefficient (Wildman–Crippen LogP) is 4.62. The molecule has 2 rings (SSSR count). The molecule has 0 amide bonds. The van der Waals surface area contributed by atoms with Crippen LogP contribution >= 0.6 is 15.9 Å². The number of benzene rings is 2. The van der Waals surface area contributed by atoms with Crippen LogP contribution in [0.3, 0.4) is 0 Å². The van der Waals surface area contributed by atoms with E-state index in [4.69, 9.17) is 0 Å². The zero-order chi connectivity index (χ0) is 14.7. The summed E-state index contributed by atoms with van der Waals surface area (Å²) < 4.78 is 1.10. The lowest BCUT2D eigenvalue weighted by Gasteiger charge is -2.15. The van der Waals surface area contributed by atoms with Crippen LogP contribution in [0, 0.1) is 13.8 Å². The van der Waals surface area contributed by atoms with Crippen molar-refractivity contribution in [2.24, 2.45) is 0 Å². The van der Waals surface area contributed by atoms with Crippen molar-refractivity contribution in [3.05, 3.63) is 63.1 Å². The number of rotatable bonds is 4. The standard InChI is InChI=1S/C17H20BrNO/c1-11-7-14(8-12(2)17(11)20)10-19-13(3)15-5-4-6-16(18)9-15/h4-9,13,19-20H,10H2,1-3H3/t13-/m0/s1. The summed E-state index contributed by atoms with van der Waals surface area (Å²) in [6.07, 6.45) is 0. The Hall–Kier alpha value is -1.32. The maximum absolute atomic E-state index is 9.79. The molecule has 20 heavy (non-hydrogen) atoms. The molecule has 0 aliphatic rings. The molecule has 0 spiro atoms. The smallest absolute Gasteiger partial charge is 0.121 e. The van der Waals surface area contributed by atoms with Crippen LogP contribution in [0.1, 0.15) is 35.2 Å². The minimum absolute atomic E-state index is 0.280. The first-order valence-corrected chi connectivity index (χ1v) is 7.54. The highest BCUT2D eigenvalue weighted by Crippen LogP contribution is 2.23. The third kappa shape index (κ3) is 3.62. The number of phenols is 1. The average Bonchev–Trinajstić information content (AvgIpc) is 2.42. The van der Waals surface area contributed by atoms with Gasteiger partial charge in [-0.1, -0.05) is 40.2 Å². The summed E-state index contributed by atoms with van der Waals surface area (Å²) in [5, 5.41) is 13.3. The Bertz CT molecular complexity index is 587. The van der Waals surface area contributed by atoms with Gasteiger partial charge in [-0.05, 0) is 55.2 Å². The van der Waals surface area contributed by atoms with Gasteiger partial charge in [-0.2, -0.15) is 0 Å². The van der Waals surface area contributed by atoms with Crippen LogP contribution in [0.2, 0.25) is 0 Å². The van der Waals surface area contributed by atoms with Crippen molar-refractivity contribution in [2.75, 3.05) is 0 Å². The maximum Gasteiger partial charge on any atom is 0.121 e.